The van der Waals surface area contributed by atoms with Gasteiger partial charge in [-0.15, -0.1) is 0 Å². The molecule has 56 heavy (non-hydrogen) atoms. The molecule has 0 aliphatic heterocycles. The number of benzene rings is 7. The fourth-order valence-electron chi connectivity index (χ4n) is 7.38. The van der Waals surface area contributed by atoms with E-state index in [9.17, 15) is 0 Å². The van der Waals surface area contributed by atoms with Gasteiger partial charge < -0.3 is 8.83 Å². The number of hydrogen-bond acceptors (Lipinski definition) is 8. The molecule has 8 heteroatoms. The molecule has 0 aliphatic rings. The number of furan rings is 2. The standard InChI is InChI=1S/C48H28N6O2/c1-4-14-29(15-5-1)43-49-44(30-16-6-2-7-17-30)51-46(50-43)32-26-27-38-36(28-32)42-35(22-13-25-40(42)56-38)48-53-45(31-18-8-3-9-19-31)52-47(54-48)34-21-12-24-39-41(34)33-20-10-11-23-37(33)55-39/h1-28H. The summed E-state index contributed by atoms with van der Waals surface area (Å²) in [6, 6.07) is 56.0. The molecule has 0 saturated heterocycles. The minimum atomic E-state index is 0.523. The SMILES string of the molecule is c1ccc(-c2nc(-c3ccccc3)nc(-c3ccc4oc5cccc(-c6nc(-c7ccccc7)nc(-c7cccc8oc9ccccc9c78)n6)c5c4c3)n2)cc1. The van der Waals surface area contributed by atoms with E-state index in [0.717, 1.165) is 71.7 Å². The Kier molecular flexibility index (Phi) is 7.31. The summed E-state index contributed by atoms with van der Waals surface area (Å²) in [5.41, 5.74) is 8.21. The lowest BCUT2D eigenvalue weighted by Crippen LogP contribution is -2.01. The third-order valence-corrected chi connectivity index (χ3v) is 10.0. The van der Waals surface area contributed by atoms with Gasteiger partial charge in [0.1, 0.15) is 22.3 Å². The van der Waals surface area contributed by atoms with Crippen LogP contribution in [0.5, 0.6) is 0 Å². The first-order valence-corrected chi connectivity index (χ1v) is 18.3. The van der Waals surface area contributed by atoms with Crippen LogP contribution in [0.3, 0.4) is 0 Å². The maximum Gasteiger partial charge on any atom is 0.164 e. The van der Waals surface area contributed by atoms with Crippen LogP contribution in [0.1, 0.15) is 0 Å². The van der Waals surface area contributed by atoms with E-state index in [1.807, 2.05) is 158 Å². The molecule has 8 nitrogen and oxygen atoms in total. The van der Waals surface area contributed by atoms with Crippen LogP contribution in [0.15, 0.2) is 179 Å². The normalized spacial score (nSPS) is 11.6. The summed E-state index contributed by atoms with van der Waals surface area (Å²) in [7, 11) is 0. The summed E-state index contributed by atoms with van der Waals surface area (Å²) in [4.78, 5) is 30.3. The van der Waals surface area contributed by atoms with Crippen molar-refractivity contribution in [3.8, 4) is 68.3 Å². The summed E-state index contributed by atoms with van der Waals surface area (Å²) < 4.78 is 12.7. The van der Waals surface area contributed by atoms with Crippen molar-refractivity contribution in [2.75, 3.05) is 0 Å². The lowest BCUT2D eigenvalue weighted by molar-refractivity contribution is 0.668. The highest BCUT2D eigenvalue weighted by molar-refractivity contribution is 6.14. The molecule has 0 amide bonds. The molecule has 11 aromatic rings. The molecule has 0 spiro atoms. The molecule has 262 valence electrons. The number of nitrogens with zero attached hydrogens (tertiary/aromatic N) is 6. The van der Waals surface area contributed by atoms with Crippen LogP contribution in [0.25, 0.3) is 112 Å². The van der Waals surface area contributed by atoms with Crippen molar-refractivity contribution >= 4 is 43.9 Å². The number of fused-ring (bicyclic) bond motifs is 6. The Hall–Kier alpha value is -7.84. The van der Waals surface area contributed by atoms with Gasteiger partial charge in [0, 0.05) is 54.9 Å². The molecule has 4 aromatic heterocycles. The van der Waals surface area contributed by atoms with Crippen LogP contribution in [0, 0.1) is 0 Å². The fraction of sp³-hybridized carbons (Fsp3) is 0. The third kappa shape index (κ3) is 5.39. The monoisotopic (exact) mass is 720 g/mol. The molecule has 0 radical (unpaired) electrons. The van der Waals surface area contributed by atoms with Crippen LogP contribution in [0.2, 0.25) is 0 Å². The Balaban J connectivity index is 1.13. The summed E-state index contributed by atoms with van der Waals surface area (Å²) in [6.45, 7) is 0. The quantitative estimate of drug-likeness (QED) is 0.167. The average Bonchev–Trinajstić information content (AvgIpc) is 3.85. The van der Waals surface area contributed by atoms with E-state index in [1.165, 1.54) is 0 Å². The molecule has 0 atom stereocenters. The number of aromatic nitrogens is 6. The molecule has 4 heterocycles. The summed E-state index contributed by atoms with van der Waals surface area (Å²) in [6.07, 6.45) is 0. The first kappa shape index (κ1) is 31.7. The molecule has 0 N–H and O–H groups in total. The zero-order valence-corrected chi connectivity index (χ0v) is 29.7. The molecule has 0 unspecified atom stereocenters. The summed E-state index contributed by atoms with van der Waals surface area (Å²) >= 11 is 0. The summed E-state index contributed by atoms with van der Waals surface area (Å²) in [5, 5.41) is 3.73. The van der Waals surface area contributed by atoms with E-state index in [4.69, 9.17) is 38.7 Å². The predicted octanol–water partition coefficient (Wildman–Crippen LogP) is 11.9. The molecular weight excluding hydrogens is 693 g/mol. The van der Waals surface area contributed by atoms with Gasteiger partial charge in [0.25, 0.3) is 0 Å². The van der Waals surface area contributed by atoms with Crippen molar-refractivity contribution < 1.29 is 8.83 Å². The topological polar surface area (TPSA) is 104 Å². The average molecular weight is 721 g/mol. The minimum absolute atomic E-state index is 0.523. The lowest BCUT2D eigenvalue weighted by Gasteiger charge is -2.10. The van der Waals surface area contributed by atoms with E-state index in [-0.39, 0.29) is 0 Å². The Morgan fingerprint density at radius 2 is 0.661 bits per heavy atom. The molecule has 11 rings (SSSR count). The van der Waals surface area contributed by atoms with Crippen LogP contribution >= 0.6 is 0 Å². The number of hydrogen-bond donors (Lipinski definition) is 0. The maximum absolute atomic E-state index is 6.48. The molecule has 7 aromatic carbocycles. The smallest absolute Gasteiger partial charge is 0.164 e. The van der Waals surface area contributed by atoms with Crippen LogP contribution in [0.4, 0.5) is 0 Å². The Morgan fingerprint density at radius 3 is 1.20 bits per heavy atom. The first-order valence-electron chi connectivity index (χ1n) is 18.3. The van der Waals surface area contributed by atoms with Crippen molar-refractivity contribution in [1.82, 2.24) is 29.9 Å². The van der Waals surface area contributed by atoms with Gasteiger partial charge in [-0.3, -0.25) is 0 Å². The van der Waals surface area contributed by atoms with Gasteiger partial charge in [-0.2, -0.15) is 0 Å². The van der Waals surface area contributed by atoms with E-state index < -0.39 is 0 Å². The lowest BCUT2D eigenvalue weighted by atomic mass is 10.0. The number of rotatable bonds is 6. The molecule has 0 bridgehead atoms. The van der Waals surface area contributed by atoms with Gasteiger partial charge in [0.15, 0.2) is 34.9 Å². The van der Waals surface area contributed by atoms with Crippen molar-refractivity contribution in [3.63, 3.8) is 0 Å². The predicted molar refractivity (Wildman–Crippen MR) is 220 cm³/mol. The molecule has 0 aliphatic carbocycles. The van der Waals surface area contributed by atoms with Crippen LogP contribution in [-0.4, -0.2) is 29.9 Å². The van der Waals surface area contributed by atoms with Gasteiger partial charge in [-0.1, -0.05) is 133 Å². The second-order valence-corrected chi connectivity index (χ2v) is 13.5. The van der Waals surface area contributed by atoms with Crippen molar-refractivity contribution in [2.24, 2.45) is 0 Å². The Morgan fingerprint density at radius 1 is 0.268 bits per heavy atom. The third-order valence-electron chi connectivity index (χ3n) is 10.0. The Labute approximate surface area is 319 Å². The fourth-order valence-corrected chi connectivity index (χ4v) is 7.38. The van der Waals surface area contributed by atoms with Gasteiger partial charge >= 0.3 is 0 Å². The first-order chi connectivity index (χ1) is 27.7. The molecule has 0 saturated carbocycles. The van der Waals surface area contributed by atoms with Gasteiger partial charge in [0.05, 0.1) is 0 Å². The second-order valence-electron chi connectivity index (χ2n) is 13.5. The largest absolute Gasteiger partial charge is 0.456 e. The molecule has 0 fully saturated rings. The zero-order chi connectivity index (χ0) is 37.0. The van der Waals surface area contributed by atoms with Crippen molar-refractivity contribution in [1.29, 1.82) is 0 Å². The van der Waals surface area contributed by atoms with Crippen LogP contribution in [-0.2, 0) is 0 Å². The second kappa shape index (κ2) is 12.9. The van der Waals surface area contributed by atoms with E-state index >= 15 is 0 Å². The Bertz CT molecular complexity index is 3190. The van der Waals surface area contributed by atoms with Crippen molar-refractivity contribution in [2.45, 2.75) is 0 Å². The van der Waals surface area contributed by atoms with Crippen molar-refractivity contribution in [3.05, 3.63) is 170 Å². The van der Waals surface area contributed by atoms with Crippen LogP contribution < -0.4 is 0 Å². The van der Waals surface area contributed by atoms with E-state index in [2.05, 4.69) is 12.1 Å². The van der Waals surface area contributed by atoms with Gasteiger partial charge in [0.2, 0.25) is 0 Å². The summed E-state index contributed by atoms with van der Waals surface area (Å²) in [5.74, 6) is 3.38. The van der Waals surface area contributed by atoms with Gasteiger partial charge in [-0.25, -0.2) is 29.9 Å². The molecular formula is C48H28N6O2. The minimum Gasteiger partial charge on any atom is -0.456 e. The highest BCUT2D eigenvalue weighted by Crippen LogP contribution is 2.40. The van der Waals surface area contributed by atoms with Gasteiger partial charge in [-0.05, 0) is 36.4 Å². The van der Waals surface area contributed by atoms with E-state index in [0.29, 0.717) is 40.5 Å². The highest BCUT2D eigenvalue weighted by atomic mass is 16.3. The van der Waals surface area contributed by atoms with E-state index in [1.54, 1.807) is 0 Å². The highest BCUT2D eigenvalue weighted by Gasteiger charge is 2.21. The number of para-hydroxylation sites is 1. The zero-order valence-electron chi connectivity index (χ0n) is 29.7. The maximum atomic E-state index is 6.48.